The van der Waals surface area contributed by atoms with Gasteiger partial charge in [0.15, 0.2) is 0 Å². The van der Waals surface area contributed by atoms with Gasteiger partial charge in [-0.1, -0.05) is 55.5 Å². The molecular weight excluding hydrogens is 691 g/mol. The Morgan fingerprint density at radius 2 is 1.69 bits per heavy atom. The molecule has 1 unspecified atom stereocenters. The van der Waals surface area contributed by atoms with Gasteiger partial charge in [-0.3, -0.25) is 29.2 Å². The Bertz CT molecular complexity index is 1720. The van der Waals surface area contributed by atoms with Crippen molar-refractivity contribution < 1.29 is 14.4 Å². The van der Waals surface area contributed by atoms with E-state index < -0.39 is 0 Å². The molecule has 54 heavy (non-hydrogen) atoms. The maximum atomic E-state index is 13.9. The monoisotopic (exact) mass is 750 g/mol. The van der Waals surface area contributed by atoms with Crippen LogP contribution in [0.25, 0.3) is 0 Å². The van der Waals surface area contributed by atoms with Crippen molar-refractivity contribution in [3.8, 4) is 0 Å². The molecule has 4 aliphatic rings. The summed E-state index contributed by atoms with van der Waals surface area (Å²) in [4.78, 5) is 53.5. The van der Waals surface area contributed by atoms with Crippen molar-refractivity contribution in [3.05, 3.63) is 101 Å². The average molecular weight is 751 g/mol. The van der Waals surface area contributed by atoms with Gasteiger partial charge in [-0.15, -0.1) is 9.24 Å². The molecule has 1 aromatic heterocycles. The van der Waals surface area contributed by atoms with Crippen LogP contribution in [0.1, 0.15) is 114 Å². The van der Waals surface area contributed by atoms with Crippen molar-refractivity contribution in [1.82, 2.24) is 29.9 Å². The first kappa shape index (κ1) is 38.8. The largest absolute Gasteiger partial charge is 0.338 e. The molecular formula is C44H59N6O3P. The number of aromatic nitrogens is 1. The Morgan fingerprint density at radius 3 is 2.43 bits per heavy atom. The van der Waals surface area contributed by atoms with Crippen LogP contribution in [-0.4, -0.2) is 106 Å². The fourth-order valence-corrected chi connectivity index (χ4v) is 9.71. The second-order valence-corrected chi connectivity index (χ2v) is 17.9. The number of nitrogens with zero attached hydrogens (tertiary/aromatic N) is 5. The normalized spacial score (nSPS) is 25.0. The molecule has 2 aliphatic carbocycles. The molecule has 7 rings (SSSR count). The molecule has 0 bridgehead atoms. The van der Waals surface area contributed by atoms with Crippen molar-refractivity contribution in [2.24, 2.45) is 5.92 Å². The third-order valence-electron chi connectivity index (χ3n) is 12.6. The van der Waals surface area contributed by atoms with Gasteiger partial charge in [0.05, 0.1) is 28.9 Å². The smallest absolute Gasteiger partial charge is 0.261 e. The zero-order chi connectivity index (χ0) is 37.7. The van der Waals surface area contributed by atoms with E-state index in [1.165, 1.54) is 21.7 Å². The summed E-state index contributed by atoms with van der Waals surface area (Å²) in [5, 5.41) is 4.09. The fourth-order valence-electron chi connectivity index (χ4n) is 9.37. The van der Waals surface area contributed by atoms with Crippen LogP contribution in [-0.2, 0) is 11.2 Å². The molecule has 1 saturated heterocycles. The van der Waals surface area contributed by atoms with E-state index in [2.05, 4.69) is 78.6 Å². The van der Waals surface area contributed by atoms with Crippen LogP contribution in [0.4, 0.5) is 0 Å². The molecule has 288 valence electrons. The minimum Gasteiger partial charge on any atom is -0.338 e. The molecule has 3 aromatic rings. The lowest BCUT2D eigenvalue weighted by Gasteiger charge is -2.41. The number of hydrogen-bond donors (Lipinski definition) is 1. The van der Waals surface area contributed by atoms with Gasteiger partial charge in [-0.2, -0.15) is 0 Å². The molecule has 3 amide bonds. The Morgan fingerprint density at radius 1 is 0.963 bits per heavy atom. The number of benzene rings is 2. The molecule has 9 nitrogen and oxygen atoms in total. The summed E-state index contributed by atoms with van der Waals surface area (Å²) in [6.45, 7) is 8.30. The summed E-state index contributed by atoms with van der Waals surface area (Å²) in [5.74, 6) is 0.0530. The van der Waals surface area contributed by atoms with Gasteiger partial charge in [0, 0.05) is 64.5 Å². The summed E-state index contributed by atoms with van der Waals surface area (Å²) < 4.78 is 0. The van der Waals surface area contributed by atoms with Crippen molar-refractivity contribution in [2.45, 2.75) is 94.4 Å². The van der Waals surface area contributed by atoms with Crippen LogP contribution < -0.4 is 5.32 Å². The average Bonchev–Trinajstić information content (AvgIpc) is 3.44. The second kappa shape index (κ2) is 17.5. The second-order valence-electron chi connectivity index (χ2n) is 16.5. The first-order chi connectivity index (χ1) is 26.2. The lowest BCUT2D eigenvalue weighted by molar-refractivity contribution is -0.137. The van der Waals surface area contributed by atoms with Crippen LogP contribution in [0.15, 0.2) is 72.9 Å². The predicted molar refractivity (Wildman–Crippen MR) is 217 cm³/mol. The van der Waals surface area contributed by atoms with E-state index in [1.807, 2.05) is 25.4 Å². The number of pyridine rings is 1. The number of carbonyl (C=O) groups excluding carboxylic acids is 3. The first-order valence-corrected chi connectivity index (χ1v) is 21.0. The topological polar surface area (TPSA) is 89.1 Å². The molecule has 1 saturated carbocycles. The number of nitrogens with one attached hydrogen (secondary N) is 1. The molecule has 10 heteroatoms. The minimum atomic E-state index is -0.174. The third kappa shape index (κ3) is 8.97. The van der Waals surface area contributed by atoms with Gasteiger partial charge in [-0.05, 0) is 105 Å². The van der Waals surface area contributed by atoms with Gasteiger partial charge in [0.25, 0.3) is 11.8 Å². The minimum absolute atomic E-state index is 0.0415. The highest BCUT2D eigenvalue weighted by Gasteiger charge is 2.37. The van der Waals surface area contributed by atoms with E-state index >= 15 is 0 Å². The summed E-state index contributed by atoms with van der Waals surface area (Å²) in [6.07, 6.45) is 11.8. The third-order valence-corrected chi connectivity index (χ3v) is 13.1. The summed E-state index contributed by atoms with van der Waals surface area (Å²) >= 11 is 0. The number of piperazine rings is 1. The van der Waals surface area contributed by atoms with Crippen LogP contribution >= 0.6 is 9.24 Å². The van der Waals surface area contributed by atoms with Gasteiger partial charge >= 0.3 is 0 Å². The summed E-state index contributed by atoms with van der Waals surface area (Å²) in [6, 6.07) is 22.6. The number of fused-ring (bicyclic) bond motifs is 2. The highest BCUT2D eigenvalue weighted by atomic mass is 31.0. The van der Waals surface area contributed by atoms with E-state index in [1.54, 1.807) is 12.1 Å². The fraction of sp³-hybridized carbons (Fsp3) is 0.545. The van der Waals surface area contributed by atoms with Crippen molar-refractivity contribution in [3.63, 3.8) is 0 Å². The maximum Gasteiger partial charge on any atom is 0.261 e. The van der Waals surface area contributed by atoms with Crippen LogP contribution in [0.2, 0.25) is 0 Å². The standard InChI is InChI=1S/C44H59N6O3P/c1-44(54)22-19-34(20-23-44)41(51)47(2)38(32-12-4-3-5-13-32)21-28-48-29-25-45-35(30-48)31-49(39-18-10-14-33-15-11-24-46-40(33)39)26-8-9-27-50-42(52)36-16-6-7-17-37(36)43(50)53/h3-7,11-13,15-17,24,34-35,38-39,45H,8-10,14,18-23,25-31,54H2,1-2H3/t34?,35-,38+,39+,44?/m1/s1. The van der Waals surface area contributed by atoms with Crippen molar-refractivity contribution in [2.75, 3.05) is 52.9 Å². The van der Waals surface area contributed by atoms with Crippen LogP contribution in [0, 0.1) is 5.92 Å². The maximum absolute atomic E-state index is 13.9. The quantitative estimate of drug-likeness (QED) is 0.114. The Kier molecular flexibility index (Phi) is 12.6. The SMILES string of the molecule is CN(C(=O)C1CCC(C)(P)CC1)[C@@H](CCN1CCN[C@@H](CN(CCCCN2C(=O)c3ccccc3C2=O)[C@H]2CCCc3cccnc32)C1)c1ccccc1. The number of amides is 3. The van der Waals surface area contributed by atoms with Crippen molar-refractivity contribution in [1.29, 1.82) is 0 Å². The van der Waals surface area contributed by atoms with Gasteiger partial charge in [-0.25, -0.2) is 0 Å². The van der Waals surface area contributed by atoms with E-state index in [9.17, 15) is 14.4 Å². The summed E-state index contributed by atoms with van der Waals surface area (Å²) in [5.41, 5.74) is 4.80. The van der Waals surface area contributed by atoms with E-state index in [0.717, 1.165) is 103 Å². The van der Waals surface area contributed by atoms with Gasteiger partial charge in [0.1, 0.15) is 0 Å². The molecule has 2 aromatic carbocycles. The molecule has 3 heterocycles. The Balaban J connectivity index is 0.989. The lowest BCUT2D eigenvalue weighted by atomic mass is 9.81. The molecule has 0 spiro atoms. The first-order valence-electron chi connectivity index (χ1n) is 20.4. The predicted octanol–water partition coefficient (Wildman–Crippen LogP) is 6.53. The molecule has 4 atom stereocenters. The highest BCUT2D eigenvalue weighted by molar-refractivity contribution is 7.18. The summed E-state index contributed by atoms with van der Waals surface area (Å²) in [7, 11) is 5.04. The highest BCUT2D eigenvalue weighted by Crippen LogP contribution is 2.40. The lowest BCUT2D eigenvalue weighted by Crippen LogP contribution is -2.56. The number of rotatable bonds is 14. The Labute approximate surface area is 324 Å². The number of hydrogen-bond acceptors (Lipinski definition) is 7. The Hall–Kier alpha value is -3.49. The molecule has 0 radical (unpaired) electrons. The molecule has 2 fully saturated rings. The number of carbonyl (C=O) groups is 3. The molecule has 1 N–H and O–H groups in total. The zero-order valence-electron chi connectivity index (χ0n) is 32.3. The zero-order valence-corrected chi connectivity index (χ0v) is 33.5. The molecule has 2 aliphatic heterocycles. The number of unbranched alkanes of at least 4 members (excludes halogenated alkanes) is 1. The van der Waals surface area contributed by atoms with E-state index in [0.29, 0.717) is 29.6 Å². The van der Waals surface area contributed by atoms with Crippen LogP contribution in [0.5, 0.6) is 0 Å². The van der Waals surface area contributed by atoms with Crippen molar-refractivity contribution >= 4 is 27.0 Å². The van der Waals surface area contributed by atoms with Crippen LogP contribution in [0.3, 0.4) is 0 Å². The number of aryl methyl sites for hydroxylation is 1. The number of imide groups is 1. The van der Waals surface area contributed by atoms with E-state index in [4.69, 9.17) is 4.98 Å². The van der Waals surface area contributed by atoms with Gasteiger partial charge < -0.3 is 15.1 Å². The van der Waals surface area contributed by atoms with E-state index in [-0.39, 0.29) is 35.0 Å². The van der Waals surface area contributed by atoms with Gasteiger partial charge in [0.2, 0.25) is 5.91 Å².